The molecule has 1 saturated heterocycles. The van der Waals surface area contributed by atoms with E-state index in [0.717, 1.165) is 38.0 Å². The van der Waals surface area contributed by atoms with E-state index in [0.29, 0.717) is 5.92 Å². The van der Waals surface area contributed by atoms with Crippen LogP contribution in [0.15, 0.2) is 24.3 Å². The zero-order valence-corrected chi connectivity index (χ0v) is 10.6. The number of benzene rings is 1. The van der Waals surface area contributed by atoms with Crippen LogP contribution in [-0.2, 0) is 6.54 Å². The highest BCUT2D eigenvalue weighted by molar-refractivity contribution is 5.16. The van der Waals surface area contributed by atoms with Crippen molar-refractivity contribution in [2.24, 2.45) is 11.7 Å². The van der Waals surface area contributed by atoms with Gasteiger partial charge in [0, 0.05) is 32.3 Å². The van der Waals surface area contributed by atoms with Crippen LogP contribution in [0.4, 0.5) is 4.39 Å². The van der Waals surface area contributed by atoms with Gasteiger partial charge in [0.05, 0.1) is 0 Å². The molecule has 4 heteroatoms. The Morgan fingerprint density at radius 2 is 2.22 bits per heavy atom. The average Bonchev–Trinajstić information content (AvgIpc) is 2.28. The molecule has 0 bridgehead atoms. The van der Waals surface area contributed by atoms with Gasteiger partial charge in [-0.25, -0.2) is 4.39 Å². The molecule has 0 amide bonds. The van der Waals surface area contributed by atoms with Crippen molar-refractivity contribution < 1.29 is 9.50 Å². The fraction of sp³-hybridized carbons (Fsp3) is 0.571. The number of aliphatic hydroxyl groups excluding tert-OH is 1. The minimum atomic E-state index is -0.194. The molecule has 1 aliphatic heterocycles. The van der Waals surface area contributed by atoms with E-state index in [9.17, 15) is 4.39 Å². The lowest BCUT2D eigenvalue weighted by Gasteiger charge is -2.36. The molecule has 0 saturated carbocycles. The fourth-order valence-electron chi connectivity index (χ4n) is 2.76. The van der Waals surface area contributed by atoms with Gasteiger partial charge >= 0.3 is 0 Å². The summed E-state index contributed by atoms with van der Waals surface area (Å²) in [6, 6.07) is 6.86. The SMILES string of the molecule is NC1CC(CCO)CN(Cc2cccc(F)c2)C1. The van der Waals surface area contributed by atoms with E-state index in [1.54, 1.807) is 12.1 Å². The highest BCUT2D eigenvalue weighted by Crippen LogP contribution is 2.20. The quantitative estimate of drug-likeness (QED) is 0.850. The third-order valence-electron chi connectivity index (χ3n) is 3.48. The van der Waals surface area contributed by atoms with Gasteiger partial charge in [0.1, 0.15) is 5.82 Å². The second-order valence-corrected chi connectivity index (χ2v) is 5.20. The molecular weight excluding hydrogens is 231 g/mol. The van der Waals surface area contributed by atoms with Crippen molar-refractivity contribution in [1.29, 1.82) is 0 Å². The van der Waals surface area contributed by atoms with Crippen LogP contribution in [0.3, 0.4) is 0 Å². The van der Waals surface area contributed by atoms with Gasteiger partial charge in [-0.1, -0.05) is 12.1 Å². The Morgan fingerprint density at radius 1 is 1.39 bits per heavy atom. The van der Waals surface area contributed by atoms with Crippen molar-refractivity contribution in [1.82, 2.24) is 4.90 Å². The maximum Gasteiger partial charge on any atom is 0.123 e. The number of aliphatic hydroxyl groups is 1. The van der Waals surface area contributed by atoms with Gasteiger partial charge in [-0.05, 0) is 36.5 Å². The Kier molecular flexibility index (Phi) is 4.69. The van der Waals surface area contributed by atoms with Crippen LogP contribution in [0.5, 0.6) is 0 Å². The largest absolute Gasteiger partial charge is 0.396 e. The predicted octanol–water partition coefficient (Wildman–Crippen LogP) is 1.36. The number of likely N-dealkylation sites (tertiary alicyclic amines) is 1. The van der Waals surface area contributed by atoms with E-state index in [1.165, 1.54) is 6.07 Å². The van der Waals surface area contributed by atoms with Gasteiger partial charge in [0.25, 0.3) is 0 Å². The summed E-state index contributed by atoms with van der Waals surface area (Å²) in [6.07, 6.45) is 1.77. The molecule has 1 aromatic rings. The van der Waals surface area contributed by atoms with Crippen molar-refractivity contribution in [2.45, 2.75) is 25.4 Å². The monoisotopic (exact) mass is 252 g/mol. The van der Waals surface area contributed by atoms with Gasteiger partial charge in [-0.15, -0.1) is 0 Å². The molecule has 3 N–H and O–H groups in total. The van der Waals surface area contributed by atoms with Crippen LogP contribution in [0, 0.1) is 11.7 Å². The molecule has 0 spiro atoms. The van der Waals surface area contributed by atoms with Crippen LogP contribution in [0.25, 0.3) is 0 Å². The maximum atomic E-state index is 13.1. The lowest BCUT2D eigenvalue weighted by Crippen LogP contribution is -2.46. The topological polar surface area (TPSA) is 49.5 Å². The average molecular weight is 252 g/mol. The van der Waals surface area contributed by atoms with E-state index >= 15 is 0 Å². The standard InChI is InChI=1S/C14H21FN2O/c15-13-3-1-2-11(6-13)8-17-9-12(4-5-18)7-14(16)10-17/h1-3,6,12,14,18H,4-5,7-10,16H2. The van der Waals surface area contributed by atoms with Crippen molar-refractivity contribution in [3.8, 4) is 0 Å². The van der Waals surface area contributed by atoms with E-state index in [-0.39, 0.29) is 18.5 Å². The van der Waals surface area contributed by atoms with Gasteiger partial charge < -0.3 is 10.8 Å². The number of nitrogens with zero attached hydrogens (tertiary/aromatic N) is 1. The molecule has 100 valence electrons. The smallest absolute Gasteiger partial charge is 0.123 e. The number of hydrogen-bond donors (Lipinski definition) is 2. The van der Waals surface area contributed by atoms with Crippen LogP contribution in [-0.4, -0.2) is 35.7 Å². The molecule has 18 heavy (non-hydrogen) atoms. The maximum absolute atomic E-state index is 13.1. The highest BCUT2D eigenvalue weighted by atomic mass is 19.1. The second kappa shape index (κ2) is 6.27. The highest BCUT2D eigenvalue weighted by Gasteiger charge is 2.24. The summed E-state index contributed by atoms with van der Waals surface area (Å²) in [5, 5.41) is 9.01. The molecule has 1 aromatic carbocycles. The molecule has 2 rings (SSSR count). The zero-order chi connectivity index (χ0) is 13.0. The third kappa shape index (κ3) is 3.77. The molecule has 1 aliphatic rings. The van der Waals surface area contributed by atoms with Crippen molar-refractivity contribution >= 4 is 0 Å². The predicted molar refractivity (Wildman–Crippen MR) is 69.5 cm³/mol. The third-order valence-corrected chi connectivity index (χ3v) is 3.48. The number of halogens is 1. The fourth-order valence-corrected chi connectivity index (χ4v) is 2.76. The van der Waals surface area contributed by atoms with Gasteiger partial charge in [-0.2, -0.15) is 0 Å². The summed E-state index contributed by atoms with van der Waals surface area (Å²) in [5.74, 6) is 0.257. The van der Waals surface area contributed by atoms with Crippen LogP contribution < -0.4 is 5.73 Å². The molecular formula is C14H21FN2O. The lowest BCUT2D eigenvalue weighted by molar-refractivity contribution is 0.128. The summed E-state index contributed by atoms with van der Waals surface area (Å²) in [5.41, 5.74) is 7.01. The first kappa shape index (κ1) is 13.5. The zero-order valence-electron chi connectivity index (χ0n) is 10.6. The molecule has 2 unspecified atom stereocenters. The lowest BCUT2D eigenvalue weighted by atomic mass is 9.92. The van der Waals surface area contributed by atoms with Crippen LogP contribution in [0.2, 0.25) is 0 Å². The van der Waals surface area contributed by atoms with Crippen molar-refractivity contribution in [3.05, 3.63) is 35.6 Å². The summed E-state index contributed by atoms with van der Waals surface area (Å²) >= 11 is 0. The number of piperidine rings is 1. The molecule has 0 radical (unpaired) electrons. The molecule has 1 fully saturated rings. The first-order chi connectivity index (χ1) is 8.67. The molecule has 0 aromatic heterocycles. The summed E-state index contributed by atoms with van der Waals surface area (Å²) in [4.78, 5) is 2.25. The number of rotatable bonds is 4. The number of hydrogen-bond acceptors (Lipinski definition) is 3. The molecule has 3 nitrogen and oxygen atoms in total. The summed E-state index contributed by atoms with van der Waals surface area (Å²) in [7, 11) is 0. The van der Waals surface area contributed by atoms with Gasteiger partial charge in [-0.3, -0.25) is 4.90 Å². The van der Waals surface area contributed by atoms with E-state index in [1.807, 2.05) is 6.07 Å². The molecule has 2 atom stereocenters. The Hall–Kier alpha value is -0.970. The first-order valence-electron chi connectivity index (χ1n) is 6.50. The Bertz CT molecular complexity index is 386. The Labute approximate surface area is 107 Å². The van der Waals surface area contributed by atoms with Crippen LogP contribution in [0.1, 0.15) is 18.4 Å². The Morgan fingerprint density at radius 3 is 2.94 bits per heavy atom. The van der Waals surface area contributed by atoms with Crippen molar-refractivity contribution in [3.63, 3.8) is 0 Å². The van der Waals surface area contributed by atoms with Crippen LogP contribution >= 0.6 is 0 Å². The minimum Gasteiger partial charge on any atom is -0.396 e. The molecule has 0 aliphatic carbocycles. The van der Waals surface area contributed by atoms with Gasteiger partial charge in [0.2, 0.25) is 0 Å². The first-order valence-corrected chi connectivity index (χ1v) is 6.50. The van der Waals surface area contributed by atoms with E-state index in [4.69, 9.17) is 10.8 Å². The second-order valence-electron chi connectivity index (χ2n) is 5.20. The van der Waals surface area contributed by atoms with Crippen molar-refractivity contribution in [2.75, 3.05) is 19.7 Å². The summed E-state index contributed by atoms with van der Waals surface area (Å²) in [6.45, 7) is 2.72. The van der Waals surface area contributed by atoms with E-state index in [2.05, 4.69) is 4.90 Å². The summed E-state index contributed by atoms with van der Waals surface area (Å²) < 4.78 is 13.1. The van der Waals surface area contributed by atoms with Gasteiger partial charge in [0.15, 0.2) is 0 Å². The number of nitrogens with two attached hydrogens (primary N) is 1. The molecule has 1 heterocycles. The Balaban J connectivity index is 1.95. The minimum absolute atomic E-state index is 0.156. The van der Waals surface area contributed by atoms with E-state index < -0.39 is 0 Å². The normalized spacial score (nSPS) is 25.3.